The van der Waals surface area contributed by atoms with E-state index in [2.05, 4.69) is 5.32 Å². The Bertz CT molecular complexity index is 1440. The van der Waals surface area contributed by atoms with Crippen molar-refractivity contribution in [2.75, 3.05) is 18.5 Å². The van der Waals surface area contributed by atoms with Crippen LogP contribution in [0.25, 0.3) is 6.08 Å². The number of amides is 3. The van der Waals surface area contributed by atoms with E-state index in [-0.39, 0.29) is 39.8 Å². The first-order valence-electron chi connectivity index (χ1n) is 11.1. The van der Waals surface area contributed by atoms with Crippen LogP contribution in [0.4, 0.5) is 10.5 Å². The second kappa shape index (κ2) is 11.3. The zero-order valence-electron chi connectivity index (χ0n) is 19.6. The molecule has 11 heteroatoms. The molecule has 1 aliphatic heterocycles. The van der Waals surface area contributed by atoms with Gasteiger partial charge in [-0.25, -0.2) is 0 Å². The van der Waals surface area contributed by atoms with E-state index in [4.69, 9.17) is 8.92 Å². The molecule has 1 N–H and O–H groups in total. The Hall–Kier alpha value is -4.09. The van der Waals surface area contributed by atoms with Gasteiger partial charge >= 0.3 is 10.1 Å². The van der Waals surface area contributed by atoms with Gasteiger partial charge in [0.2, 0.25) is 5.91 Å². The lowest BCUT2D eigenvalue weighted by atomic mass is 10.2. The molecule has 4 rings (SSSR count). The summed E-state index contributed by atoms with van der Waals surface area (Å²) in [5.74, 6) is 0.0386. The van der Waals surface area contributed by atoms with Crippen molar-refractivity contribution in [2.24, 2.45) is 0 Å². The van der Waals surface area contributed by atoms with Crippen LogP contribution in [0.5, 0.6) is 11.5 Å². The summed E-state index contributed by atoms with van der Waals surface area (Å²) in [4.78, 5) is 37.4. The van der Waals surface area contributed by atoms with Crippen LogP contribution in [-0.4, -0.2) is 43.5 Å². The molecule has 3 amide bonds. The number of imide groups is 1. The predicted octanol–water partition coefficient (Wildman–Crippen LogP) is 4.53. The maximum Gasteiger partial charge on any atom is 0.339 e. The zero-order valence-corrected chi connectivity index (χ0v) is 21.3. The lowest BCUT2D eigenvalue weighted by Gasteiger charge is -2.13. The van der Waals surface area contributed by atoms with Gasteiger partial charge in [-0.3, -0.25) is 19.3 Å². The molecule has 0 bridgehead atoms. The van der Waals surface area contributed by atoms with Crippen LogP contribution in [-0.2, 0) is 19.7 Å². The summed E-state index contributed by atoms with van der Waals surface area (Å²) in [6, 6.07) is 20.7. The molecule has 9 nitrogen and oxygen atoms in total. The van der Waals surface area contributed by atoms with E-state index < -0.39 is 16.0 Å². The number of ether oxygens (including phenoxy) is 1. The second-order valence-electron chi connectivity index (χ2n) is 7.81. The van der Waals surface area contributed by atoms with Crippen LogP contribution < -0.4 is 14.2 Å². The molecule has 3 aromatic carbocycles. The Morgan fingerprint density at radius 1 is 0.946 bits per heavy atom. The number of nitrogens with zero attached hydrogens (tertiary/aromatic N) is 1. The Morgan fingerprint density at radius 3 is 2.27 bits per heavy atom. The van der Waals surface area contributed by atoms with Crippen molar-refractivity contribution < 1.29 is 31.7 Å². The van der Waals surface area contributed by atoms with E-state index >= 15 is 0 Å². The highest BCUT2D eigenvalue weighted by Gasteiger charge is 2.34. The van der Waals surface area contributed by atoms with E-state index in [1.807, 2.05) is 18.2 Å². The van der Waals surface area contributed by atoms with Crippen LogP contribution in [0.2, 0.25) is 0 Å². The molecule has 0 aromatic heterocycles. The zero-order chi connectivity index (χ0) is 26.4. The van der Waals surface area contributed by atoms with Gasteiger partial charge in [0.15, 0.2) is 0 Å². The van der Waals surface area contributed by atoms with Gasteiger partial charge in [0.05, 0.1) is 11.4 Å². The van der Waals surface area contributed by atoms with Gasteiger partial charge < -0.3 is 14.2 Å². The van der Waals surface area contributed by atoms with Gasteiger partial charge in [-0.15, -0.1) is 0 Å². The predicted molar refractivity (Wildman–Crippen MR) is 140 cm³/mol. The van der Waals surface area contributed by atoms with Gasteiger partial charge in [-0.2, -0.15) is 8.42 Å². The number of thioether (sulfide) groups is 1. The van der Waals surface area contributed by atoms with Crippen LogP contribution in [0, 0.1) is 0 Å². The molecule has 1 saturated heterocycles. The first kappa shape index (κ1) is 26.0. The molecule has 1 heterocycles. The summed E-state index contributed by atoms with van der Waals surface area (Å²) in [5.41, 5.74) is 1.05. The third kappa shape index (κ3) is 6.78. The van der Waals surface area contributed by atoms with Crippen LogP contribution >= 0.6 is 11.8 Å². The molecule has 1 aliphatic rings. The van der Waals surface area contributed by atoms with E-state index in [1.165, 1.54) is 43.3 Å². The SMILES string of the molecule is CC(=O)Nc1ccc(S(=O)(=O)Oc2ccc(/C=C3\SC(=O)N(CCOc4ccccc4)C3=O)cc2)cc1. The summed E-state index contributed by atoms with van der Waals surface area (Å²) in [5, 5.41) is 2.17. The quantitative estimate of drug-likeness (QED) is 0.312. The normalized spacial score (nSPS) is 14.6. The number of carbonyl (C=O) groups is 3. The number of benzene rings is 3. The van der Waals surface area contributed by atoms with Gasteiger partial charge in [-0.05, 0) is 71.9 Å². The maximum absolute atomic E-state index is 12.7. The molecular formula is C26H22N2O7S2. The largest absolute Gasteiger partial charge is 0.492 e. The summed E-state index contributed by atoms with van der Waals surface area (Å²) >= 11 is 0.829. The van der Waals surface area contributed by atoms with E-state index in [1.54, 1.807) is 30.3 Å². The highest BCUT2D eigenvalue weighted by Crippen LogP contribution is 2.32. The number of anilines is 1. The molecule has 3 aromatic rings. The molecule has 0 aliphatic carbocycles. The minimum absolute atomic E-state index is 0.0735. The number of hydrogen-bond acceptors (Lipinski definition) is 8. The third-order valence-corrected chi connectivity index (χ3v) is 7.22. The first-order chi connectivity index (χ1) is 17.7. The summed E-state index contributed by atoms with van der Waals surface area (Å²) in [7, 11) is -4.10. The Kier molecular flexibility index (Phi) is 7.95. The third-order valence-electron chi connectivity index (χ3n) is 5.05. The van der Waals surface area contributed by atoms with Gasteiger partial charge in [0, 0.05) is 12.6 Å². The van der Waals surface area contributed by atoms with Crippen LogP contribution in [0.1, 0.15) is 12.5 Å². The molecule has 0 atom stereocenters. The lowest BCUT2D eigenvalue weighted by molar-refractivity contribution is -0.123. The Balaban J connectivity index is 1.37. The molecular weight excluding hydrogens is 516 g/mol. The fraction of sp³-hybridized carbons (Fsp3) is 0.115. The second-order valence-corrected chi connectivity index (χ2v) is 10.3. The average Bonchev–Trinajstić information content (AvgIpc) is 3.13. The Morgan fingerprint density at radius 2 is 1.62 bits per heavy atom. The van der Waals surface area contributed by atoms with E-state index in [9.17, 15) is 22.8 Å². The van der Waals surface area contributed by atoms with Crippen LogP contribution in [0.3, 0.4) is 0 Å². The number of hydrogen-bond donors (Lipinski definition) is 1. The van der Waals surface area contributed by atoms with Crippen molar-refractivity contribution in [3.05, 3.63) is 89.3 Å². The monoisotopic (exact) mass is 538 g/mol. The lowest BCUT2D eigenvalue weighted by Crippen LogP contribution is -2.32. The molecule has 37 heavy (non-hydrogen) atoms. The van der Waals surface area contributed by atoms with Crippen molar-refractivity contribution in [3.8, 4) is 11.5 Å². The molecule has 0 saturated carbocycles. The standard InChI is InChI=1S/C26H22N2O7S2/c1-18(29)27-20-9-13-23(14-10-20)37(32,33)35-22-11-7-19(8-12-22)17-24-25(30)28(26(31)36-24)15-16-34-21-5-3-2-4-6-21/h2-14,17H,15-16H2,1H3,(H,27,29)/b24-17-. The fourth-order valence-corrected chi connectivity index (χ4v) is 5.11. The topological polar surface area (TPSA) is 119 Å². The number of nitrogens with one attached hydrogen (secondary N) is 1. The number of carbonyl (C=O) groups excluding carboxylic acids is 3. The first-order valence-corrected chi connectivity index (χ1v) is 13.3. The van der Waals surface area contributed by atoms with Gasteiger partial charge in [0.25, 0.3) is 11.1 Å². The average molecular weight is 539 g/mol. The van der Waals surface area contributed by atoms with Gasteiger partial charge in [-0.1, -0.05) is 30.3 Å². The van der Waals surface area contributed by atoms with Crippen molar-refractivity contribution in [1.82, 2.24) is 4.90 Å². The summed E-state index contributed by atoms with van der Waals surface area (Å²) in [6.07, 6.45) is 1.56. The van der Waals surface area contributed by atoms with Crippen molar-refractivity contribution in [2.45, 2.75) is 11.8 Å². The van der Waals surface area contributed by atoms with Crippen LogP contribution in [0.15, 0.2) is 88.7 Å². The highest BCUT2D eigenvalue weighted by molar-refractivity contribution is 8.18. The van der Waals surface area contributed by atoms with Crippen molar-refractivity contribution >= 4 is 50.7 Å². The molecule has 0 spiro atoms. The molecule has 1 fully saturated rings. The minimum Gasteiger partial charge on any atom is -0.492 e. The maximum atomic E-state index is 12.7. The molecule has 0 unspecified atom stereocenters. The summed E-state index contributed by atoms with van der Waals surface area (Å²) in [6.45, 7) is 1.64. The van der Waals surface area contributed by atoms with E-state index in [0.717, 1.165) is 16.7 Å². The van der Waals surface area contributed by atoms with Crippen molar-refractivity contribution in [1.29, 1.82) is 0 Å². The Labute approximate surface area is 218 Å². The highest BCUT2D eigenvalue weighted by atomic mass is 32.2. The van der Waals surface area contributed by atoms with Crippen molar-refractivity contribution in [3.63, 3.8) is 0 Å². The molecule has 190 valence electrons. The summed E-state index contributed by atoms with van der Waals surface area (Å²) < 4.78 is 35.9. The number of rotatable bonds is 9. The van der Waals surface area contributed by atoms with E-state index in [0.29, 0.717) is 17.0 Å². The number of para-hydroxylation sites is 1. The minimum atomic E-state index is -4.10. The fourth-order valence-electron chi connectivity index (χ4n) is 3.32. The smallest absolute Gasteiger partial charge is 0.339 e. The molecule has 0 radical (unpaired) electrons. The van der Waals surface area contributed by atoms with Gasteiger partial charge in [0.1, 0.15) is 23.0 Å².